The van der Waals surface area contributed by atoms with Gasteiger partial charge in [0.1, 0.15) is 4.90 Å². The number of carbonyl (C=O) groups is 1. The number of benzene rings is 6. The summed E-state index contributed by atoms with van der Waals surface area (Å²) in [6, 6.07) is 30.4. The van der Waals surface area contributed by atoms with Crippen LogP contribution in [-0.2, 0) is 25.0 Å². The van der Waals surface area contributed by atoms with Crippen LogP contribution < -0.4 is 10.6 Å². The molecular formula is C34H26N6O7S2. The van der Waals surface area contributed by atoms with Crippen LogP contribution in [0.4, 0.5) is 39.8 Å². The lowest BCUT2D eigenvalue weighted by Crippen LogP contribution is -2.04. The average molecular weight is 695 g/mol. The molecule has 0 aliphatic carbocycles. The Kier molecular flexibility index (Phi) is 8.99. The fraction of sp³-hybridized carbons (Fsp3) is 0.0294. The molecule has 15 heteroatoms. The van der Waals surface area contributed by atoms with E-state index < -0.39 is 20.2 Å². The lowest BCUT2D eigenvalue weighted by atomic mass is 10.1. The molecule has 0 bridgehead atoms. The van der Waals surface area contributed by atoms with Crippen LogP contribution in [0, 0.1) is 0 Å². The summed E-state index contributed by atoms with van der Waals surface area (Å²) >= 11 is 0. The van der Waals surface area contributed by atoms with E-state index in [-0.39, 0.29) is 37.8 Å². The molecule has 0 spiro atoms. The number of nitrogens with one attached hydrogen (secondary N) is 2. The zero-order chi connectivity index (χ0) is 34.8. The Labute approximate surface area is 280 Å². The topological polar surface area (TPSA) is 199 Å². The van der Waals surface area contributed by atoms with Crippen molar-refractivity contribution >= 4 is 87.5 Å². The molecule has 6 aromatic carbocycles. The molecule has 0 heterocycles. The average Bonchev–Trinajstić information content (AvgIpc) is 3.06. The normalized spacial score (nSPS) is 12.2. The van der Waals surface area contributed by atoms with Crippen molar-refractivity contribution in [1.29, 1.82) is 0 Å². The summed E-state index contributed by atoms with van der Waals surface area (Å²) in [7, 11) is -9.23. The van der Waals surface area contributed by atoms with E-state index in [1.54, 1.807) is 66.7 Å². The number of hydrogen-bond acceptors (Lipinski definition) is 10. The molecule has 0 aliphatic rings. The highest BCUT2D eigenvalue weighted by Gasteiger charge is 2.19. The quantitative estimate of drug-likeness (QED) is 0.0848. The van der Waals surface area contributed by atoms with Gasteiger partial charge in [-0.25, -0.2) is 0 Å². The second kappa shape index (κ2) is 13.3. The minimum absolute atomic E-state index is 0.183. The Balaban J connectivity index is 1.46. The van der Waals surface area contributed by atoms with Gasteiger partial charge in [0.2, 0.25) is 5.91 Å². The SMILES string of the molecule is CC(=O)Nc1cccc(N=Nc2ccc(N=Nc3ccc(Nc4ccccc4)c4c(S(=O)(=O)O)cccc34)c3cc(S(=O)(=O)O)ccc23)c1. The van der Waals surface area contributed by atoms with Gasteiger partial charge in [0, 0.05) is 45.5 Å². The number of fused-ring (bicyclic) bond motifs is 2. The van der Waals surface area contributed by atoms with Gasteiger partial charge in [0.05, 0.1) is 27.6 Å². The first-order chi connectivity index (χ1) is 23.4. The molecule has 0 fully saturated rings. The van der Waals surface area contributed by atoms with E-state index >= 15 is 0 Å². The molecule has 6 aromatic rings. The van der Waals surface area contributed by atoms with Crippen molar-refractivity contribution in [2.45, 2.75) is 16.7 Å². The Hall–Kier alpha value is -5.87. The number of rotatable bonds is 9. The van der Waals surface area contributed by atoms with Crippen molar-refractivity contribution in [1.82, 2.24) is 0 Å². The molecule has 0 radical (unpaired) electrons. The Morgan fingerprint density at radius 1 is 0.592 bits per heavy atom. The predicted molar refractivity (Wildman–Crippen MR) is 186 cm³/mol. The van der Waals surface area contributed by atoms with Crippen LogP contribution in [0.15, 0.2) is 146 Å². The number of amides is 1. The van der Waals surface area contributed by atoms with Crippen LogP contribution in [0.25, 0.3) is 21.5 Å². The predicted octanol–water partition coefficient (Wildman–Crippen LogP) is 9.02. The van der Waals surface area contributed by atoms with Crippen LogP contribution in [0.3, 0.4) is 0 Å². The van der Waals surface area contributed by atoms with Gasteiger partial charge >= 0.3 is 0 Å². The zero-order valence-electron chi connectivity index (χ0n) is 25.5. The van der Waals surface area contributed by atoms with Gasteiger partial charge in [-0.2, -0.15) is 21.9 Å². The first-order valence-corrected chi connectivity index (χ1v) is 17.4. The van der Waals surface area contributed by atoms with Gasteiger partial charge in [-0.3, -0.25) is 13.9 Å². The highest BCUT2D eigenvalue weighted by molar-refractivity contribution is 7.86. The maximum Gasteiger partial charge on any atom is 0.295 e. The van der Waals surface area contributed by atoms with E-state index in [1.165, 1.54) is 37.3 Å². The zero-order valence-corrected chi connectivity index (χ0v) is 27.1. The van der Waals surface area contributed by atoms with Crippen LogP contribution in [-0.4, -0.2) is 31.8 Å². The molecular weight excluding hydrogens is 669 g/mol. The first kappa shape index (κ1) is 33.0. The number of nitrogens with zero attached hydrogens (tertiary/aromatic N) is 4. The molecule has 0 aromatic heterocycles. The number of hydrogen-bond donors (Lipinski definition) is 4. The summed E-state index contributed by atoms with van der Waals surface area (Å²) in [5.74, 6) is -0.244. The van der Waals surface area contributed by atoms with Gasteiger partial charge in [0.15, 0.2) is 0 Å². The molecule has 13 nitrogen and oxygen atoms in total. The lowest BCUT2D eigenvalue weighted by Gasteiger charge is -2.14. The molecule has 4 N–H and O–H groups in total. The van der Waals surface area contributed by atoms with Crippen molar-refractivity contribution < 1.29 is 30.7 Å². The number of azo groups is 2. The van der Waals surface area contributed by atoms with E-state index in [0.717, 1.165) is 0 Å². The summed E-state index contributed by atoms with van der Waals surface area (Å²) in [6.45, 7) is 1.39. The fourth-order valence-corrected chi connectivity index (χ4v) is 6.38. The molecule has 246 valence electrons. The minimum atomic E-state index is -4.64. The second-order valence-electron chi connectivity index (χ2n) is 10.7. The van der Waals surface area contributed by atoms with Crippen LogP contribution >= 0.6 is 0 Å². The molecule has 0 atom stereocenters. The van der Waals surface area contributed by atoms with Crippen molar-refractivity contribution in [3.05, 3.63) is 115 Å². The van der Waals surface area contributed by atoms with E-state index in [0.29, 0.717) is 39.2 Å². The van der Waals surface area contributed by atoms with E-state index in [2.05, 4.69) is 31.1 Å². The maximum absolute atomic E-state index is 12.4. The number of carbonyl (C=O) groups excluding carboxylic acids is 1. The minimum Gasteiger partial charge on any atom is -0.355 e. The third-order valence-electron chi connectivity index (χ3n) is 7.26. The second-order valence-corrected chi connectivity index (χ2v) is 13.5. The van der Waals surface area contributed by atoms with Gasteiger partial charge < -0.3 is 10.6 Å². The van der Waals surface area contributed by atoms with Crippen molar-refractivity contribution in [2.75, 3.05) is 10.6 Å². The van der Waals surface area contributed by atoms with Crippen LogP contribution in [0.1, 0.15) is 6.92 Å². The fourth-order valence-electron chi connectivity index (χ4n) is 5.14. The Morgan fingerprint density at radius 3 is 1.92 bits per heavy atom. The molecule has 0 saturated heterocycles. The monoisotopic (exact) mass is 694 g/mol. The van der Waals surface area contributed by atoms with Gasteiger partial charge in [-0.05, 0) is 72.8 Å². The molecule has 6 rings (SSSR count). The largest absolute Gasteiger partial charge is 0.355 e. The molecule has 1 amide bonds. The standard InChI is InChI=1S/C34H26N6O7S2/c1-21(41)35-23-9-5-10-24(19-23)37-38-29-15-16-31(28-20-25(48(42,43)44)13-14-26(28)29)40-39-30-17-18-32(36-22-7-3-2-4-8-22)34-27(30)11-6-12-33(34)49(45,46)47/h2-20,36H,1H3,(H,35,41)(H,42,43,44)(H,45,46,47). The Morgan fingerprint density at radius 2 is 1.22 bits per heavy atom. The Bertz CT molecular complexity index is 2540. The summed E-state index contributed by atoms with van der Waals surface area (Å²) < 4.78 is 68.7. The maximum atomic E-state index is 12.4. The van der Waals surface area contributed by atoms with E-state index in [9.17, 15) is 30.7 Å². The highest BCUT2D eigenvalue weighted by atomic mass is 32.2. The third kappa shape index (κ3) is 7.50. The summed E-state index contributed by atoms with van der Waals surface area (Å²) in [5.41, 5.74) is 2.86. The number of para-hydroxylation sites is 1. The molecule has 0 unspecified atom stereocenters. The van der Waals surface area contributed by atoms with Gasteiger partial charge in [-0.15, -0.1) is 15.3 Å². The van der Waals surface area contributed by atoms with Crippen molar-refractivity contribution in [3.8, 4) is 0 Å². The van der Waals surface area contributed by atoms with E-state index in [4.69, 9.17) is 0 Å². The first-order valence-electron chi connectivity index (χ1n) is 14.5. The molecule has 0 aliphatic heterocycles. The van der Waals surface area contributed by atoms with Crippen LogP contribution in [0.2, 0.25) is 0 Å². The summed E-state index contributed by atoms with van der Waals surface area (Å²) in [5, 5.41) is 24.5. The summed E-state index contributed by atoms with van der Waals surface area (Å²) in [6.07, 6.45) is 0. The smallest absolute Gasteiger partial charge is 0.295 e. The highest BCUT2D eigenvalue weighted by Crippen LogP contribution is 2.40. The summed E-state index contributed by atoms with van der Waals surface area (Å²) in [4.78, 5) is 10.7. The third-order valence-corrected chi connectivity index (χ3v) is 9.00. The van der Waals surface area contributed by atoms with Gasteiger partial charge in [0.25, 0.3) is 20.2 Å². The van der Waals surface area contributed by atoms with Gasteiger partial charge in [-0.1, -0.05) is 42.5 Å². The lowest BCUT2D eigenvalue weighted by molar-refractivity contribution is -0.114. The van der Waals surface area contributed by atoms with Crippen LogP contribution in [0.5, 0.6) is 0 Å². The molecule has 0 saturated carbocycles. The van der Waals surface area contributed by atoms with Crippen molar-refractivity contribution in [3.63, 3.8) is 0 Å². The molecule has 49 heavy (non-hydrogen) atoms. The van der Waals surface area contributed by atoms with E-state index in [1.807, 2.05) is 18.2 Å². The number of anilines is 3. The van der Waals surface area contributed by atoms with Crippen molar-refractivity contribution in [2.24, 2.45) is 20.5 Å².